The predicted molar refractivity (Wildman–Crippen MR) is 90.6 cm³/mol. The van der Waals surface area contributed by atoms with Crippen LogP contribution >= 0.6 is 27.5 Å². The zero-order valence-corrected chi connectivity index (χ0v) is 15.0. The van der Waals surface area contributed by atoms with Crippen molar-refractivity contribution in [2.45, 2.75) is 20.0 Å². The van der Waals surface area contributed by atoms with Crippen molar-refractivity contribution >= 4 is 27.5 Å². The molecule has 0 aliphatic heterocycles. The Morgan fingerprint density at radius 3 is 2.65 bits per heavy atom. The smallest absolute Gasteiger partial charge is 0.232 e. The lowest BCUT2D eigenvalue weighted by Gasteiger charge is -2.14. The third-order valence-electron chi connectivity index (χ3n) is 2.82. The van der Waals surface area contributed by atoms with Crippen LogP contribution in [0.15, 0.2) is 18.5 Å². The molecule has 7 heteroatoms. The SMILES string of the molecule is COc1ncnc(-c2cc(OC(C)C)c(Cl)cc2F)c1C#CBr. The van der Waals surface area contributed by atoms with Gasteiger partial charge in [-0.25, -0.2) is 14.4 Å². The molecule has 0 amide bonds. The van der Waals surface area contributed by atoms with Crippen molar-refractivity contribution in [3.05, 3.63) is 34.9 Å². The highest BCUT2D eigenvalue weighted by atomic mass is 79.9. The van der Waals surface area contributed by atoms with Crippen LogP contribution in [0.3, 0.4) is 0 Å². The van der Waals surface area contributed by atoms with Gasteiger partial charge in [0, 0.05) is 21.5 Å². The molecule has 1 aromatic carbocycles. The number of aromatic nitrogens is 2. The van der Waals surface area contributed by atoms with Gasteiger partial charge >= 0.3 is 0 Å². The van der Waals surface area contributed by atoms with E-state index in [1.165, 1.54) is 25.6 Å². The van der Waals surface area contributed by atoms with Crippen molar-refractivity contribution < 1.29 is 13.9 Å². The molecule has 0 fully saturated rings. The fourth-order valence-corrected chi connectivity index (χ4v) is 2.34. The number of halogens is 3. The zero-order chi connectivity index (χ0) is 17.0. The van der Waals surface area contributed by atoms with Crippen LogP contribution in [0, 0.1) is 16.6 Å². The van der Waals surface area contributed by atoms with Gasteiger partial charge in [-0.15, -0.1) is 0 Å². The Balaban J connectivity index is 2.68. The average molecular weight is 400 g/mol. The lowest BCUT2D eigenvalue weighted by Crippen LogP contribution is -2.07. The molecular formula is C16H13BrClFN2O2. The molecule has 0 spiro atoms. The Morgan fingerprint density at radius 2 is 2.04 bits per heavy atom. The average Bonchev–Trinajstić information content (AvgIpc) is 2.50. The van der Waals surface area contributed by atoms with E-state index in [1.54, 1.807) is 0 Å². The van der Waals surface area contributed by atoms with Crippen molar-refractivity contribution in [3.63, 3.8) is 0 Å². The molecule has 0 aliphatic carbocycles. The first-order valence-electron chi connectivity index (χ1n) is 6.64. The number of nitrogens with zero attached hydrogens (tertiary/aromatic N) is 2. The third-order valence-corrected chi connectivity index (χ3v) is 3.31. The standard InChI is InChI=1S/C16H13BrClFN2O2/c1-9(2)23-14-6-11(13(19)7-12(14)18)15-10(4-5-17)16(22-3)21-8-20-15/h6-9H,1-3H3. The van der Waals surface area contributed by atoms with Crippen molar-refractivity contribution in [2.75, 3.05) is 7.11 Å². The summed E-state index contributed by atoms with van der Waals surface area (Å²) < 4.78 is 25.2. The minimum absolute atomic E-state index is 0.104. The molecule has 0 saturated carbocycles. The van der Waals surface area contributed by atoms with Gasteiger partial charge in [0.2, 0.25) is 5.88 Å². The van der Waals surface area contributed by atoms with Gasteiger partial charge in [0.15, 0.2) is 0 Å². The molecule has 0 N–H and O–H groups in total. The fourth-order valence-electron chi connectivity index (χ4n) is 1.94. The summed E-state index contributed by atoms with van der Waals surface area (Å²) in [5, 5.41) is 0.189. The number of rotatable bonds is 4. The van der Waals surface area contributed by atoms with Crippen LogP contribution in [0.1, 0.15) is 19.4 Å². The summed E-state index contributed by atoms with van der Waals surface area (Å²) in [5.74, 6) is 2.86. The number of ether oxygens (including phenoxy) is 2. The van der Waals surface area contributed by atoms with Crippen molar-refractivity contribution in [1.29, 1.82) is 0 Å². The van der Waals surface area contributed by atoms with Crippen LogP contribution in [-0.2, 0) is 0 Å². The normalized spacial score (nSPS) is 10.2. The molecule has 0 radical (unpaired) electrons. The number of benzene rings is 1. The summed E-state index contributed by atoms with van der Waals surface area (Å²) in [7, 11) is 1.46. The summed E-state index contributed by atoms with van der Waals surface area (Å²) in [4.78, 5) is 10.7. The van der Waals surface area contributed by atoms with E-state index in [2.05, 4.69) is 36.6 Å². The van der Waals surface area contributed by atoms with Crippen molar-refractivity contribution in [1.82, 2.24) is 9.97 Å². The van der Waals surface area contributed by atoms with Gasteiger partial charge in [-0.1, -0.05) is 11.6 Å². The van der Waals surface area contributed by atoms with Gasteiger partial charge in [-0.05, 0) is 36.7 Å². The van der Waals surface area contributed by atoms with Gasteiger partial charge in [-0.2, -0.15) is 0 Å². The number of hydrogen-bond donors (Lipinski definition) is 0. The van der Waals surface area contributed by atoms with Gasteiger partial charge in [0.1, 0.15) is 23.5 Å². The first-order valence-corrected chi connectivity index (χ1v) is 7.81. The summed E-state index contributed by atoms with van der Waals surface area (Å²) in [6, 6.07) is 2.69. The van der Waals surface area contributed by atoms with Gasteiger partial charge in [0.25, 0.3) is 0 Å². The lowest BCUT2D eigenvalue weighted by molar-refractivity contribution is 0.242. The molecule has 1 aromatic heterocycles. The van der Waals surface area contributed by atoms with Crippen molar-refractivity contribution in [2.24, 2.45) is 0 Å². The second-order valence-electron chi connectivity index (χ2n) is 4.76. The van der Waals surface area contributed by atoms with Crippen LogP contribution in [-0.4, -0.2) is 23.2 Å². The number of hydrogen-bond acceptors (Lipinski definition) is 4. The van der Waals surface area contributed by atoms with E-state index in [0.717, 1.165) is 0 Å². The van der Waals surface area contributed by atoms with E-state index >= 15 is 0 Å². The Bertz CT molecular complexity index is 788. The Hall–Kier alpha value is -1.84. The van der Waals surface area contributed by atoms with Crippen molar-refractivity contribution in [3.8, 4) is 33.6 Å². The highest BCUT2D eigenvalue weighted by molar-refractivity contribution is 9.12. The Morgan fingerprint density at radius 1 is 1.30 bits per heavy atom. The molecular weight excluding hydrogens is 387 g/mol. The highest BCUT2D eigenvalue weighted by Gasteiger charge is 2.18. The summed E-state index contributed by atoms with van der Waals surface area (Å²) in [5.41, 5.74) is 0.867. The van der Waals surface area contributed by atoms with Crippen LogP contribution in [0.4, 0.5) is 4.39 Å². The quantitative estimate of drug-likeness (QED) is 0.713. The Kier molecular flexibility index (Phi) is 5.80. The predicted octanol–water partition coefficient (Wildman–Crippen LogP) is 4.44. The molecule has 120 valence electrons. The highest BCUT2D eigenvalue weighted by Crippen LogP contribution is 2.35. The Labute approximate surface area is 147 Å². The largest absolute Gasteiger partial charge is 0.489 e. The summed E-state index contributed by atoms with van der Waals surface area (Å²) in [6.07, 6.45) is 1.18. The molecule has 0 atom stereocenters. The van der Waals surface area contributed by atoms with E-state index < -0.39 is 5.82 Å². The second kappa shape index (κ2) is 7.62. The monoisotopic (exact) mass is 398 g/mol. The summed E-state index contributed by atoms with van der Waals surface area (Å²) >= 11 is 9.06. The van der Waals surface area contributed by atoms with Crippen LogP contribution < -0.4 is 9.47 Å². The second-order valence-corrected chi connectivity index (χ2v) is 5.56. The molecule has 2 aromatic rings. The van der Waals surface area contributed by atoms with Gasteiger partial charge < -0.3 is 9.47 Å². The van der Waals surface area contributed by atoms with E-state index in [-0.39, 0.29) is 22.6 Å². The molecule has 23 heavy (non-hydrogen) atoms. The molecule has 1 heterocycles. The van der Waals surface area contributed by atoms with Gasteiger partial charge in [0.05, 0.1) is 23.9 Å². The minimum Gasteiger partial charge on any atom is -0.489 e. The molecule has 2 rings (SSSR count). The van der Waals surface area contributed by atoms with Crippen LogP contribution in [0.5, 0.6) is 11.6 Å². The van der Waals surface area contributed by atoms with Crippen LogP contribution in [0.2, 0.25) is 5.02 Å². The molecule has 4 nitrogen and oxygen atoms in total. The minimum atomic E-state index is -0.538. The maximum Gasteiger partial charge on any atom is 0.232 e. The molecule has 0 unspecified atom stereocenters. The van der Waals surface area contributed by atoms with Gasteiger partial charge in [-0.3, -0.25) is 0 Å². The fraction of sp³-hybridized carbons (Fsp3) is 0.250. The summed E-state index contributed by atoms with van der Waals surface area (Å²) in [6.45, 7) is 3.71. The maximum atomic E-state index is 14.4. The molecule has 0 bridgehead atoms. The van der Waals surface area contributed by atoms with E-state index in [9.17, 15) is 4.39 Å². The van der Waals surface area contributed by atoms with E-state index in [4.69, 9.17) is 21.1 Å². The maximum absolute atomic E-state index is 14.4. The first-order chi connectivity index (χ1) is 11.0. The zero-order valence-electron chi connectivity index (χ0n) is 12.7. The molecule has 0 aliphatic rings. The third kappa shape index (κ3) is 3.92. The topological polar surface area (TPSA) is 44.2 Å². The lowest BCUT2D eigenvalue weighted by atomic mass is 10.1. The first kappa shape index (κ1) is 17.5. The van der Waals surface area contributed by atoms with E-state index in [1.807, 2.05) is 13.8 Å². The number of methoxy groups -OCH3 is 1. The van der Waals surface area contributed by atoms with E-state index in [0.29, 0.717) is 17.0 Å². The molecule has 0 saturated heterocycles. The van der Waals surface area contributed by atoms with Crippen LogP contribution in [0.25, 0.3) is 11.3 Å².